The summed E-state index contributed by atoms with van der Waals surface area (Å²) in [5.41, 5.74) is 1.19. The number of hydrogen-bond acceptors (Lipinski definition) is 2. The number of carbonyl (C=O) groups is 1. The first kappa shape index (κ1) is 9.87. The number of aliphatic carboxylic acids is 1. The molecule has 2 rings (SSSR count). The molecule has 0 saturated heterocycles. The van der Waals surface area contributed by atoms with Gasteiger partial charge in [-0.1, -0.05) is 17.7 Å². The van der Waals surface area contributed by atoms with E-state index in [4.69, 9.17) is 16.7 Å². The molecule has 0 aromatic carbocycles. The Balaban J connectivity index is 2.12. The molecule has 2 nitrogen and oxygen atoms in total. The molecule has 0 bridgehead atoms. The van der Waals surface area contributed by atoms with Gasteiger partial charge in [0, 0.05) is 10.3 Å². The van der Waals surface area contributed by atoms with E-state index < -0.39 is 5.97 Å². The number of thioether (sulfide) groups is 1. The maximum absolute atomic E-state index is 10.5. The van der Waals surface area contributed by atoms with Crippen molar-refractivity contribution in [2.45, 2.75) is 18.1 Å². The molecule has 74 valence electrons. The Hall–Kier alpha value is -0.670. The van der Waals surface area contributed by atoms with Crippen molar-refractivity contribution in [2.75, 3.05) is 0 Å². The Morgan fingerprint density at radius 2 is 2.43 bits per heavy atom. The van der Waals surface area contributed by atoms with E-state index in [2.05, 4.69) is 0 Å². The van der Waals surface area contributed by atoms with Crippen LogP contribution < -0.4 is 0 Å². The van der Waals surface area contributed by atoms with Crippen molar-refractivity contribution in [1.82, 2.24) is 0 Å². The van der Waals surface area contributed by atoms with E-state index in [0.29, 0.717) is 5.25 Å². The first-order valence-electron chi connectivity index (χ1n) is 4.30. The second-order valence-electron chi connectivity index (χ2n) is 3.27. The quantitative estimate of drug-likeness (QED) is 0.790. The third-order valence-corrected chi connectivity index (χ3v) is 3.72. The molecular weight excluding hydrogens is 220 g/mol. The van der Waals surface area contributed by atoms with Crippen LogP contribution in [0.1, 0.15) is 12.8 Å². The number of carboxylic acid groups (broad SMARTS) is 1. The van der Waals surface area contributed by atoms with Crippen LogP contribution in [0.15, 0.2) is 33.7 Å². The zero-order valence-electron chi connectivity index (χ0n) is 7.37. The van der Waals surface area contributed by atoms with Crippen LogP contribution in [0.4, 0.5) is 0 Å². The molecule has 1 N–H and O–H groups in total. The molecule has 0 fully saturated rings. The fourth-order valence-corrected chi connectivity index (χ4v) is 3.18. The Morgan fingerprint density at radius 1 is 1.64 bits per heavy atom. The topological polar surface area (TPSA) is 37.3 Å². The zero-order chi connectivity index (χ0) is 10.1. The van der Waals surface area contributed by atoms with Gasteiger partial charge in [0.15, 0.2) is 0 Å². The Morgan fingerprint density at radius 3 is 3.14 bits per heavy atom. The van der Waals surface area contributed by atoms with Gasteiger partial charge in [-0.15, -0.1) is 11.8 Å². The number of hydrogen-bond donors (Lipinski definition) is 1. The van der Waals surface area contributed by atoms with Crippen LogP contribution in [0.2, 0.25) is 0 Å². The van der Waals surface area contributed by atoms with E-state index in [1.165, 1.54) is 5.57 Å². The van der Waals surface area contributed by atoms with E-state index >= 15 is 0 Å². The highest BCUT2D eigenvalue weighted by Gasteiger charge is 2.26. The highest BCUT2D eigenvalue weighted by Crippen LogP contribution is 2.43. The summed E-state index contributed by atoms with van der Waals surface area (Å²) in [4.78, 5) is 11.4. The molecule has 0 saturated carbocycles. The molecule has 0 aromatic rings. The fraction of sp³-hybridized carbons (Fsp3) is 0.300. The van der Waals surface area contributed by atoms with Crippen LogP contribution in [0.25, 0.3) is 0 Å². The summed E-state index contributed by atoms with van der Waals surface area (Å²) < 4.78 is 0. The standard InChI is InChI=1S/C10H9ClO2S/c11-7-2-1-6-3-8(5-10(12)13)14-9(6)4-7/h1-3,9H,4-5H2,(H,12,13). The zero-order valence-corrected chi connectivity index (χ0v) is 8.94. The molecule has 0 radical (unpaired) electrons. The maximum atomic E-state index is 10.5. The first-order chi connectivity index (χ1) is 6.65. The van der Waals surface area contributed by atoms with Crippen LogP contribution >= 0.6 is 23.4 Å². The molecule has 1 heterocycles. The highest BCUT2D eigenvalue weighted by atomic mass is 35.5. The van der Waals surface area contributed by atoms with Gasteiger partial charge >= 0.3 is 5.97 Å². The second kappa shape index (κ2) is 3.83. The van der Waals surface area contributed by atoms with E-state index in [-0.39, 0.29) is 6.42 Å². The minimum absolute atomic E-state index is 0.121. The molecule has 4 heteroatoms. The van der Waals surface area contributed by atoms with Gasteiger partial charge in [0.05, 0.1) is 6.42 Å². The van der Waals surface area contributed by atoms with Crippen LogP contribution in [-0.2, 0) is 4.79 Å². The molecule has 14 heavy (non-hydrogen) atoms. The predicted molar refractivity (Wildman–Crippen MR) is 58.4 cm³/mol. The van der Waals surface area contributed by atoms with Crippen molar-refractivity contribution in [3.05, 3.63) is 33.7 Å². The number of rotatable bonds is 2. The molecule has 1 aliphatic heterocycles. The summed E-state index contributed by atoms with van der Waals surface area (Å²) in [6, 6.07) is 0. The molecule has 0 spiro atoms. The van der Waals surface area contributed by atoms with Gasteiger partial charge in [-0.25, -0.2) is 0 Å². The third kappa shape index (κ3) is 2.04. The van der Waals surface area contributed by atoms with Gasteiger partial charge in [-0.3, -0.25) is 4.79 Å². The van der Waals surface area contributed by atoms with Gasteiger partial charge in [-0.05, 0) is 29.1 Å². The largest absolute Gasteiger partial charge is 0.481 e. The van der Waals surface area contributed by atoms with Crippen LogP contribution in [-0.4, -0.2) is 16.3 Å². The van der Waals surface area contributed by atoms with Gasteiger partial charge in [0.2, 0.25) is 0 Å². The van der Waals surface area contributed by atoms with E-state index in [9.17, 15) is 4.79 Å². The van der Waals surface area contributed by atoms with Gasteiger partial charge < -0.3 is 5.11 Å². The average Bonchev–Trinajstić information content (AvgIpc) is 2.44. The number of fused-ring (bicyclic) bond motifs is 1. The van der Waals surface area contributed by atoms with Crippen molar-refractivity contribution in [3.8, 4) is 0 Å². The molecule has 1 unspecified atom stereocenters. The minimum Gasteiger partial charge on any atom is -0.481 e. The number of carboxylic acids is 1. The molecule has 0 amide bonds. The lowest BCUT2D eigenvalue weighted by Gasteiger charge is -2.14. The highest BCUT2D eigenvalue weighted by molar-refractivity contribution is 8.04. The van der Waals surface area contributed by atoms with E-state index in [1.54, 1.807) is 11.8 Å². The Labute approximate surface area is 91.3 Å². The minimum atomic E-state index is -0.776. The molecule has 1 atom stereocenters. The normalized spacial score (nSPS) is 24.9. The van der Waals surface area contributed by atoms with Crippen molar-refractivity contribution >= 4 is 29.3 Å². The van der Waals surface area contributed by atoms with Crippen molar-refractivity contribution in [3.63, 3.8) is 0 Å². The monoisotopic (exact) mass is 228 g/mol. The van der Waals surface area contributed by atoms with Gasteiger partial charge in [0.1, 0.15) is 0 Å². The molecule has 2 aliphatic rings. The second-order valence-corrected chi connectivity index (χ2v) is 5.09. The van der Waals surface area contributed by atoms with Crippen molar-refractivity contribution < 1.29 is 9.90 Å². The smallest absolute Gasteiger partial charge is 0.308 e. The summed E-state index contributed by atoms with van der Waals surface area (Å²) in [5.74, 6) is -0.776. The summed E-state index contributed by atoms with van der Waals surface area (Å²) in [6.45, 7) is 0. The van der Waals surface area contributed by atoms with Crippen molar-refractivity contribution in [1.29, 1.82) is 0 Å². The van der Waals surface area contributed by atoms with Crippen LogP contribution in [0.5, 0.6) is 0 Å². The van der Waals surface area contributed by atoms with Gasteiger partial charge in [-0.2, -0.15) is 0 Å². The summed E-state index contributed by atoms with van der Waals surface area (Å²) in [6.07, 6.45) is 6.75. The van der Waals surface area contributed by atoms with E-state index in [0.717, 1.165) is 16.4 Å². The van der Waals surface area contributed by atoms with Crippen LogP contribution in [0.3, 0.4) is 0 Å². The third-order valence-electron chi connectivity index (χ3n) is 2.16. The molecule has 0 aromatic heterocycles. The number of halogens is 1. The molecular formula is C10H9ClO2S. The summed E-state index contributed by atoms with van der Waals surface area (Å²) in [7, 11) is 0. The van der Waals surface area contributed by atoms with Crippen molar-refractivity contribution in [2.24, 2.45) is 0 Å². The lowest BCUT2D eigenvalue weighted by Crippen LogP contribution is -2.04. The predicted octanol–water partition coefficient (Wildman–Crippen LogP) is 2.91. The maximum Gasteiger partial charge on any atom is 0.308 e. The fourth-order valence-electron chi connectivity index (χ4n) is 1.55. The Kier molecular flexibility index (Phi) is 2.70. The van der Waals surface area contributed by atoms with E-state index in [1.807, 2.05) is 18.2 Å². The van der Waals surface area contributed by atoms with Crippen LogP contribution in [0, 0.1) is 0 Å². The molecule has 1 aliphatic carbocycles. The number of allylic oxidation sites excluding steroid dienone is 4. The van der Waals surface area contributed by atoms with Gasteiger partial charge in [0.25, 0.3) is 0 Å². The summed E-state index contributed by atoms with van der Waals surface area (Å²) in [5, 5.41) is 9.83. The SMILES string of the molecule is O=C(O)CC1=CC2=CC=C(Cl)CC2S1. The Bertz CT molecular complexity index is 368. The lowest BCUT2D eigenvalue weighted by molar-refractivity contribution is -0.136. The average molecular weight is 229 g/mol. The summed E-state index contributed by atoms with van der Waals surface area (Å²) >= 11 is 7.51. The lowest BCUT2D eigenvalue weighted by atomic mass is 10.0. The first-order valence-corrected chi connectivity index (χ1v) is 5.56.